The number of phenolic OH excluding ortho intramolecular Hbond substituents is 1. The van der Waals surface area contributed by atoms with E-state index in [1.54, 1.807) is 24.3 Å². The number of aliphatic hydroxyl groups excluding tert-OH is 1. The molecule has 1 fully saturated rings. The van der Waals surface area contributed by atoms with Crippen LogP contribution in [-0.4, -0.2) is 51.8 Å². The number of carbonyl (C=O) groups excluding carboxylic acids is 1. The van der Waals surface area contributed by atoms with E-state index >= 15 is 0 Å². The lowest BCUT2D eigenvalue weighted by Gasteiger charge is -2.32. The Morgan fingerprint density at radius 2 is 1.83 bits per heavy atom. The minimum absolute atomic E-state index is 0.0385. The number of nitrogens with zero attached hydrogens (tertiary/aromatic N) is 1. The number of likely N-dealkylation sites (tertiary alicyclic amines) is 1. The zero-order valence-corrected chi connectivity index (χ0v) is 14.2. The second-order valence-electron chi connectivity index (χ2n) is 6.66. The summed E-state index contributed by atoms with van der Waals surface area (Å²) in [5.41, 5.74) is 0.970. The highest BCUT2D eigenvalue weighted by molar-refractivity contribution is 5.81. The summed E-state index contributed by atoms with van der Waals surface area (Å²) in [4.78, 5) is 14.8. The topological polar surface area (TPSA) is 72.8 Å². The smallest absolute Gasteiger partial charge is 0.237 e. The molecule has 3 unspecified atom stereocenters. The average molecular weight is 320 g/mol. The van der Waals surface area contributed by atoms with Gasteiger partial charge in [0.1, 0.15) is 5.75 Å². The van der Waals surface area contributed by atoms with Crippen molar-refractivity contribution in [2.45, 2.75) is 64.2 Å². The lowest BCUT2D eigenvalue weighted by molar-refractivity contribution is -0.127. The molecule has 3 N–H and O–H groups in total. The van der Waals surface area contributed by atoms with Crippen molar-refractivity contribution in [2.24, 2.45) is 0 Å². The maximum atomic E-state index is 12.5. The Morgan fingerprint density at radius 1 is 1.26 bits per heavy atom. The third-order valence-electron chi connectivity index (χ3n) is 4.83. The molecule has 5 nitrogen and oxygen atoms in total. The van der Waals surface area contributed by atoms with E-state index in [-0.39, 0.29) is 30.3 Å². The molecule has 0 aliphatic carbocycles. The van der Waals surface area contributed by atoms with Gasteiger partial charge in [-0.05, 0) is 57.7 Å². The van der Waals surface area contributed by atoms with Gasteiger partial charge in [-0.2, -0.15) is 0 Å². The average Bonchev–Trinajstić information content (AvgIpc) is 2.86. The molecule has 0 bridgehead atoms. The van der Waals surface area contributed by atoms with Crippen LogP contribution in [0.1, 0.15) is 39.2 Å². The highest BCUT2D eigenvalue weighted by atomic mass is 16.3. The molecular weight excluding hydrogens is 292 g/mol. The molecule has 0 radical (unpaired) electrons. The third-order valence-corrected chi connectivity index (χ3v) is 4.83. The lowest BCUT2D eigenvalue weighted by Crippen LogP contribution is -2.52. The fourth-order valence-corrected chi connectivity index (χ4v) is 3.51. The maximum absolute atomic E-state index is 12.5. The molecule has 1 heterocycles. The first-order valence-corrected chi connectivity index (χ1v) is 8.39. The molecule has 128 valence electrons. The van der Waals surface area contributed by atoms with Crippen molar-refractivity contribution in [1.29, 1.82) is 0 Å². The van der Waals surface area contributed by atoms with Gasteiger partial charge in [-0.1, -0.05) is 12.1 Å². The Morgan fingerprint density at radius 3 is 2.35 bits per heavy atom. The first-order valence-electron chi connectivity index (χ1n) is 8.39. The first kappa shape index (κ1) is 17.8. The Labute approximate surface area is 138 Å². The number of carbonyl (C=O) groups is 1. The van der Waals surface area contributed by atoms with Crippen molar-refractivity contribution in [2.75, 3.05) is 6.61 Å². The standard InChI is InChI=1S/C18H28N2O3/c1-12-4-5-13(2)20(12)14(3)18(23)19-16(11-21)10-15-6-8-17(22)9-7-15/h6-9,12-14,16,21-22H,4-5,10-11H2,1-3H3,(H,19,23)/t12?,13?,14?,16-/m0/s1. The molecule has 1 aliphatic heterocycles. The molecule has 0 saturated carbocycles. The summed E-state index contributed by atoms with van der Waals surface area (Å²) in [6, 6.07) is 7.14. The van der Waals surface area contributed by atoms with E-state index in [9.17, 15) is 15.0 Å². The molecule has 0 spiro atoms. The van der Waals surface area contributed by atoms with Crippen LogP contribution in [0.3, 0.4) is 0 Å². The van der Waals surface area contributed by atoms with Crippen molar-refractivity contribution >= 4 is 5.91 Å². The summed E-state index contributed by atoms with van der Waals surface area (Å²) in [7, 11) is 0. The largest absolute Gasteiger partial charge is 0.508 e. The van der Waals surface area contributed by atoms with Crippen LogP contribution >= 0.6 is 0 Å². The van der Waals surface area contributed by atoms with Gasteiger partial charge in [-0.3, -0.25) is 9.69 Å². The Balaban J connectivity index is 1.95. The van der Waals surface area contributed by atoms with Gasteiger partial charge in [0.05, 0.1) is 18.7 Å². The van der Waals surface area contributed by atoms with E-state index < -0.39 is 0 Å². The molecule has 5 heteroatoms. The number of hydrogen-bond donors (Lipinski definition) is 3. The van der Waals surface area contributed by atoms with Crippen molar-refractivity contribution in [3.63, 3.8) is 0 Å². The van der Waals surface area contributed by atoms with Gasteiger partial charge >= 0.3 is 0 Å². The normalized spacial score (nSPS) is 24.3. The molecule has 0 aromatic heterocycles. The number of rotatable bonds is 6. The second kappa shape index (κ2) is 7.79. The van der Waals surface area contributed by atoms with Crippen molar-refractivity contribution in [3.8, 4) is 5.75 Å². The number of benzene rings is 1. The van der Waals surface area contributed by atoms with E-state index in [1.165, 1.54) is 0 Å². The fraction of sp³-hybridized carbons (Fsp3) is 0.611. The van der Waals surface area contributed by atoms with Gasteiger partial charge < -0.3 is 15.5 Å². The van der Waals surface area contributed by atoms with Gasteiger partial charge in [-0.25, -0.2) is 0 Å². The molecule has 1 amide bonds. The molecule has 1 aromatic carbocycles. The second-order valence-corrected chi connectivity index (χ2v) is 6.66. The number of amides is 1. The van der Waals surface area contributed by atoms with Crippen LogP contribution in [0.15, 0.2) is 24.3 Å². The molecule has 4 atom stereocenters. The Hall–Kier alpha value is -1.59. The van der Waals surface area contributed by atoms with Gasteiger partial charge in [0.15, 0.2) is 0 Å². The van der Waals surface area contributed by atoms with Crippen LogP contribution in [0.5, 0.6) is 5.75 Å². The molecular formula is C18H28N2O3. The van der Waals surface area contributed by atoms with Crippen LogP contribution in [-0.2, 0) is 11.2 Å². The van der Waals surface area contributed by atoms with Crippen molar-refractivity contribution in [1.82, 2.24) is 10.2 Å². The van der Waals surface area contributed by atoms with E-state index in [0.29, 0.717) is 18.5 Å². The van der Waals surface area contributed by atoms with Gasteiger partial charge in [0, 0.05) is 12.1 Å². The summed E-state index contributed by atoms with van der Waals surface area (Å²) in [6.45, 7) is 6.15. The van der Waals surface area contributed by atoms with Crippen molar-refractivity contribution in [3.05, 3.63) is 29.8 Å². The summed E-state index contributed by atoms with van der Waals surface area (Å²) in [5, 5.41) is 21.8. The zero-order chi connectivity index (χ0) is 17.0. The van der Waals surface area contributed by atoms with Gasteiger partial charge in [0.2, 0.25) is 5.91 Å². The van der Waals surface area contributed by atoms with Crippen LogP contribution in [0.4, 0.5) is 0 Å². The van der Waals surface area contributed by atoms with Crippen LogP contribution in [0, 0.1) is 0 Å². The quantitative estimate of drug-likeness (QED) is 0.745. The minimum Gasteiger partial charge on any atom is -0.508 e. The number of aliphatic hydroxyl groups is 1. The molecule has 1 aliphatic rings. The van der Waals surface area contributed by atoms with Crippen LogP contribution in [0.25, 0.3) is 0 Å². The maximum Gasteiger partial charge on any atom is 0.237 e. The van der Waals surface area contributed by atoms with Gasteiger partial charge in [-0.15, -0.1) is 0 Å². The molecule has 1 saturated heterocycles. The Kier molecular flexibility index (Phi) is 6.02. The minimum atomic E-state index is -0.317. The molecule has 23 heavy (non-hydrogen) atoms. The first-order chi connectivity index (χ1) is 10.9. The highest BCUT2D eigenvalue weighted by Gasteiger charge is 2.34. The predicted molar refractivity (Wildman–Crippen MR) is 90.3 cm³/mol. The van der Waals surface area contributed by atoms with Crippen LogP contribution < -0.4 is 5.32 Å². The summed E-state index contributed by atoms with van der Waals surface area (Å²) < 4.78 is 0. The number of hydrogen-bond acceptors (Lipinski definition) is 4. The van der Waals surface area contributed by atoms with E-state index in [2.05, 4.69) is 24.1 Å². The zero-order valence-electron chi connectivity index (χ0n) is 14.2. The van der Waals surface area contributed by atoms with Gasteiger partial charge in [0.25, 0.3) is 0 Å². The lowest BCUT2D eigenvalue weighted by atomic mass is 10.1. The monoisotopic (exact) mass is 320 g/mol. The Bertz CT molecular complexity index is 508. The SMILES string of the molecule is CC1CCC(C)N1C(C)C(=O)N[C@H](CO)Cc1ccc(O)cc1. The summed E-state index contributed by atoms with van der Waals surface area (Å²) in [6.07, 6.45) is 2.78. The predicted octanol–water partition coefficient (Wildman–Crippen LogP) is 1.67. The summed E-state index contributed by atoms with van der Waals surface area (Å²) in [5.74, 6) is 0.174. The van der Waals surface area contributed by atoms with Crippen LogP contribution in [0.2, 0.25) is 0 Å². The summed E-state index contributed by atoms with van der Waals surface area (Å²) >= 11 is 0. The highest BCUT2D eigenvalue weighted by Crippen LogP contribution is 2.26. The molecule has 2 rings (SSSR count). The third kappa shape index (κ3) is 4.45. The van der Waals surface area contributed by atoms with E-state index in [0.717, 1.165) is 18.4 Å². The number of aromatic hydroxyl groups is 1. The van der Waals surface area contributed by atoms with E-state index in [1.807, 2.05) is 6.92 Å². The van der Waals surface area contributed by atoms with E-state index in [4.69, 9.17) is 0 Å². The number of phenols is 1. The number of nitrogens with one attached hydrogen (secondary N) is 1. The fourth-order valence-electron chi connectivity index (χ4n) is 3.51. The van der Waals surface area contributed by atoms with Crippen molar-refractivity contribution < 1.29 is 15.0 Å². The molecule has 1 aromatic rings.